The van der Waals surface area contributed by atoms with Crippen LogP contribution in [-0.2, 0) is 4.79 Å². The smallest absolute Gasteiger partial charge is 0.219 e. The molecule has 1 rings (SSSR count). The van der Waals surface area contributed by atoms with E-state index < -0.39 is 0 Å². The summed E-state index contributed by atoms with van der Waals surface area (Å²) in [5.74, 6) is 0.243. The molecule has 1 atom stereocenters. The van der Waals surface area contributed by atoms with E-state index in [1.165, 1.54) is 19.3 Å². The minimum atomic E-state index is 0.243. The Bertz CT molecular complexity index is 161. The van der Waals surface area contributed by atoms with Crippen LogP contribution >= 0.6 is 15.9 Å². The monoisotopic (exact) mass is 233 g/mol. The molecule has 1 unspecified atom stereocenters. The molecule has 0 aromatic rings. The van der Waals surface area contributed by atoms with Crippen LogP contribution in [0.2, 0.25) is 0 Å². The fraction of sp³-hybridized carbons (Fsp3) is 0.889. The van der Waals surface area contributed by atoms with Gasteiger partial charge in [0.25, 0.3) is 0 Å². The van der Waals surface area contributed by atoms with Gasteiger partial charge in [0.2, 0.25) is 5.91 Å². The molecule has 2 nitrogen and oxygen atoms in total. The van der Waals surface area contributed by atoms with Gasteiger partial charge < -0.3 is 4.90 Å². The third-order valence-electron chi connectivity index (χ3n) is 2.45. The third-order valence-corrected chi connectivity index (χ3v) is 3.01. The van der Waals surface area contributed by atoms with E-state index in [4.69, 9.17) is 0 Å². The van der Waals surface area contributed by atoms with Crippen molar-refractivity contribution in [3.8, 4) is 0 Å². The molecule has 1 amide bonds. The van der Waals surface area contributed by atoms with E-state index in [0.29, 0.717) is 6.04 Å². The quantitative estimate of drug-likeness (QED) is 0.685. The lowest BCUT2D eigenvalue weighted by Crippen LogP contribution is -2.33. The van der Waals surface area contributed by atoms with Crippen LogP contribution in [0.25, 0.3) is 0 Å². The molecule has 1 aliphatic heterocycles. The highest BCUT2D eigenvalue weighted by molar-refractivity contribution is 9.09. The highest BCUT2D eigenvalue weighted by Gasteiger charge is 2.25. The van der Waals surface area contributed by atoms with Gasteiger partial charge in [0.15, 0.2) is 0 Å². The van der Waals surface area contributed by atoms with Crippen molar-refractivity contribution in [2.75, 3.05) is 11.9 Å². The standard InChI is InChI=1S/C9H16BrNO/c1-8(12)11-7-3-5-9(11)4-2-6-10/h9H,2-7H2,1H3. The van der Waals surface area contributed by atoms with Crippen LogP contribution in [0, 0.1) is 0 Å². The Morgan fingerprint density at radius 1 is 1.67 bits per heavy atom. The Kier molecular flexibility index (Phi) is 4.06. The molecule has 0 radical (unpaired) electrons. The summed E-state index contributed by atoms with van der Waals surface area (Å²) in [5, 5.41) is 1.05. The summed E-state index contributed by atoms with van der Waals surface area (Å²) in [6, 6.07) is 0.528. The van der Waals surface area contributed by atoms with Gasteiger partial charge in [-0.25, -0.2) is 0 Å². The predicted octanol–water partition coefficient (Wildman–Crippen LogP) is 2.17. The van der Waals surface area contributed by atoms with Gasteiger partial charge in [-0.1, -0.05) is 15.9 Å². The Labute approximate surface area is 82.4 Å². The summed E-state index contributed by atoms with van der Waals surface area (Å²) in [6.07, 6.45) is 4.72. The number of hydrogen-bond acceptors (Lipinski definition) is 1. The van der Waals surface area contributed by atoms with Gasteiger partial charge in [0.05, 0.1) is 0 Å². The van der Waals surface area contributed by atoms with Crippen molar-refractivity contribution in [1.29, 1.82) is 0 Å². The number of likely N-dealkylation sites (tertiary alicyclic amines) is 1. The molecule has 1 aliphatic rings. The lowest BCUT2D eigenvalue weighted by molar-refractivity contribution is -0.129. The van der Waals surface area contributed by atoms with Crippen molar-refractivity contribution < 1.29 is 4.79 Å². The third kappa shape index (κ3) is 2.47. The van der Waals surface area contributed by atoms with Crippen LogP contribution in [0.5, 0.6) is 0 Å². The fourth-order valence-electron chi connectivity index (χ4n) is 1.86. The lowest BCUT2D eigenvalue weighted by Gasteiger charge is -2.22. The first-order valence-corrected chi connectivity index (χ1v) is 5.71. The summed E-state index contributed by atoms with van der Waals surface area (Å²) in [6.45, 7) is 2.65. The second kappa shape index (κ2) is 4.85. The number of hydrogen-bond donors (Lipinski definition) is 0. The van der Waals surface area contributed by atoms with Gasteiger partial charge in [-0.05, 0) is 25.7 Å². The summed E-state index contributed by atoms with van der Waals surface area (Å²) >= 11 is 3.41. The minimum Gasteiger partial charge on any atom is -0.340 e. The summed E-state index contributed by atoms with van der Waals surface area (Å²) in [4.78, 5) is 13.2. The molecule has 3 heteroatoms. The maximum Gasteiger partial charge on any atom is 0.219 e. The van der Waals surface area contributed by atoms with E-state index >= 15 is 0 Å². The summed E-state index contributed by atoms with van der Waals surface area (Å²) < 4.78 is 0. The number of amides is 1. The second-order valence-electron chi connectivity index (χ2n) is 3.34. The minimum absolute atomic E-state index is 0.243. The van der Waals surface area contributed by atoms with Crippen molar-refractivity contribution in [1.82, 2.24) is 4.90 Å². The molecule has 1 heterocycles. The van der Waals surface area contributed by atoms with Crippen LogP contribution in [-0.4, -0.2) is 28.7 Å². The molecule has 0 aromatic carbocycles. The van der Waals surface area contributed by atoms with E-state index in [1.807, 2.05) is 4.90 Å². The van der Waals surface area contributed by atoms with Crippen LogP contribution in [0.3, 0.4) is 0 Å². The molecule has 0 spiro atoms. The highest BCUT2D eigenvalue weighted by Crippen LogP contribution is 2.21. The SMILES string of the molecule is CC(=O)N1CCCC1CCCBr. The zero-order chi connectivity index (χ0) is 8.97. The maximum absolute atomic E-state index is 11.1. The van der Waals surface area contributed by atoms with Gasteiger partial charge in [-0.2, -0.15) is 0 Å². The van der Waals surface area contributed by atoms with Crippen LogP contribution in [0.4, 0.5) is 0 Å². The Hall–Kier alpha value is -0.0500. The number of rotatable bonds is 3. The summed E-state index contributed by atoms with van der Waals surface area (Å²) in [5.41, 5.74) is 0. The normalized spacial score (nSPS) is 23.2. The molecule has 1 saturated heterocycles. The van der Waals surface area contributed by atoms with Gasteiger partial charge >= 0.3 is 0 Å². The van der Waals surface area contributed by atoms with Crippen LogP contribution < -0.4 is 0 Å². The topological polar surface area (TPSA) is 20.3 Å². The number of alkyl halides is 1. The van der Waals surface area contributed by atoms with E-state index in [-0.39, 0.29) is 5.91 Å². The van der Waals surface area contributed by atoms with Crippen molar-refractivity contribution in [2.24, 2.45) is 0 Å². The largest absolute Gasteiger partial charge is 0.340 e. The highest BCUT2D eigenvalue weighted by atomic mass is 79.9. The Morgan fingerprint density at radius 3 is 3.00 bits per heavy atom. The molecule has 70 valence electrons. The summed E-state index contributed by atoms with van der Waals surface area (Å²) in [7, 11) is 0. The molecule has 0 N–H and O–H groups in total. The van der Waals surface area contributed by atoms with E-state index in [0.717, 1.165) is 18.3 Å². The first-order valence-electron chi connectivity index (χ1n) is 4.59. The molecular weight excluding hydrogens is 218 g/mol. The molecule has 1 fully saturated rings. The van der Waals surface area contributed by atoms with Crippen molar-refractivity contribution in [3.63, 3.8) is 0 Å². The van der Waals surface area contributed by atoms with Crippen LogP contribution in [0.15, 0.2) is 0 Å². The van der Waals surface area contributed by atoms with Gasteiger partial charge in [-0.3, -0.25) is 4.79 Å². The molecular formula is C9H16BrNO. The second-order valence-corrected chi connectivity index (χ2v) is 4.13. The molecule has 0 bridgehead atoms. The molecule has 12 heavy (non-hydrogen) atoms. The van der Waals surface area contributed by atoms with E-state index in [9.17, 15) is 4.79 Å². The number of halogens is 1. The fourth-order valence-corrected chi connectivity index (χ4v) is 2.19. The van der Waals surface area contributed by atoms with Crippen molar-refractivity contribution in [3.05, 3.63) is 0 Å². The molecule has 0 aromatic heterocycles. The van der Waals surface area contributed by atoms with Gasteiger partial charge in [-0.15, -0.1) is 0 Å². The van der Waals surface area contributed by atoms with Crippen molar-refractivity contribution >= 4 is 21.8 Å². The van der Waals surface area contributed by atoms with E-state index in [2.05, 4.69) is 15.9 Å². The number of nitrogens with zero attached hydrogens (tertiary/aromatic N) is 1. The van der Waals surface area contributed by atoms with Gasteiger partial charge in [0.1, 0.15) is 0 Å². The lowest BCUT2D eigenvalue weighted by atomic mass is 10.1. The maximum atomic E-state index is 11.1. The zero-order valence-corrected chi connectivity index (χ0v) is 9.14. The average molecular weight is 234 g/mol. The average Bonchev–Trinajstić information content (AvgIpc) is 2.48. The van der Waals surface area contributed by atoms with E-state index in [1.54, 1.807) is 6.92 Å². The zero-order valence-electron chi connectivity index (χ0n) is 7.55. The molecule has 0 saturated carbocycles. The first-order chi connectivity index (χ1) is 5.75. The van der Waals surface area contributed by atoms with Crippen LogP contribution in [0.1, 0.15) is 32.6 Å². The number of carbonyl (C=O) groups excluding carboxylic acids is 1. The molecule has 0 aliphatic carbocycles. The van der Waals surface area contributed by atoms with Crippen molar-refractivity contribution in [2.45, 2.75) is 38.6 Å². The number of carbonyl (C=O) groups is 1. The Morgan fingerprint density at radius 2 is 2.42 bits per heavy atom. The first kappa shape index (κ1) is 10.0. The predicted molar refractivity (Wildman–Crippen MR) is 53.4 cm³/mol. The Balaban J connectivity index is 2.35. The van der Waals surface area contributed by atoms with Gasteiger partial charge in [0, 0.05) is 24.8 Å².